The molecule has 10 nitrogen and oxygen atoms in total. The van der Waals surface area contributed by atoms with Crippen molar-refractivity contribution in [1.82, 2.24) is 24.9 Å². The predicted molar refractivity (Wildman–Crippen MR) is 125 cm³/mol. The summed E-state index contributed by atoms with van der Waals surface area (Å²) in [7, 11) is 3.06. The molecule has 0 unspecified atom stereocenters. The van der Waals surface area contributed by atoms with E-state index < -0.39 is 35.1 Å². The number of aromatic nitrogens is 4. The van der Waals surface area contributed by atoms with Crippen molar-refractivity contribution in [2.75, 3.05) is 25.0 Å². The Balaban J connectivity index is 1.36. The van der Waals surface area contributed by atoms with E-state index in [4.69, 9.17) is 9.84 Å². The lowest BCUT2D eigenvalue weighted by molar-refractivity contribution is -0.211. The molecule has 4 aliphatic rings. The summed E-state index contributed by atoms with van der Waals surface area (Å²) in [6.07, 6.45) is -3.55. The average Bonchev–Trinajstić information content (AvgIpc) is 3.18. The number of carboxylic acid groups (broad SMARTS) is 1. The first-order valence-electron chi connectivity index (χ1n) is 12.3. The van der Waals surface area contributed by atoms with Crippen molar-refractivity contribution >= 4 is 17.7 Å². The SMILES string of the molecule is CN(C(=O)OCc1c(-c2ccc(N3CCC[C@H](CC(=O)O)C3)c(C(F)(F)F)n2)nnn1C)C12CC(F)(C1)C2. The smallest absolute Gasteiger partial charge is 0.435 e. The van der Waals surface area contributed by atoms with Crippen molar-refractivity contribution in [3.05, 3.63) is 23.5 Å². The van der Waals surface area contributed by atoms with Crippen LogP contribution in [0.2, 0.25) is 0 Å². The molecule has 6 rings (SSSR count). The zero-order chi connectivity index (χ0) is 27.5. The van der Waals surface area contributed by atoms with Crippen LogP contribution in [-0.4, -0.2) is 73.4 Å². The molecule has 0 radical (unpaired) electrons. The molecule has 1 aliphatic heterocycles. The van der Waals surface area contributed by atoms with Gasteiger partial charge in [-0.2, -0.15) is 13.2 Å². The first-order valence-corrected chi connectivity index (χ1v) is 12.3. The van der Waals surface area contributed by atoms with Gasteiger partial charge in [-0.1, -0.05) is 5.21 Å². The number of aliphatic carboxylic acids is 1. The van der Waals surface area contributed by atoms with Crippen molar-refractivity contribution in [3.8, 4) is 11.4 Å². The summed E-state index contributed by atoms with van der Waals surface area (Å²) in [5.41, 5.74) is -2.76. The molecule has 4 fully saturated rings. The third-order valence-electron chi connectivity index (χ3n) is 7.91. The van der Waals surface area contributed by atoms with Gasteiger partial charge in [0.25, 0.3) is 0 Å². The molecule has 0 aromatic carbocycles. The number of carboxylic acids is 1. The summed E-state index contributed by atoms with van der Waals surface area (Å²) in [6.45, 7) is 0.221. The number of pyridine rings is 1. The van der Waals surface area contributed by atoms with Crippen molar-refractivity contribution in [2.45, 2.75) is 62.5 Å². The number of nitrogens with zero attached hydrogens (tertiary/aromatic N) is 6. The highest BCUT2D eigenvalue weighted by atomic mass is 19.4. The fourth-order valence-electron chi connectivity index (χ4n) is 5.87. The minimum absolute atomic E-state index is 0.0376. The number of hydrogen-bond acceptors (Lipinski definition) is 7. The molecule has 3 heterocycles. The quantitative estimate of drug-likeness (QED) is 0.528. The van der Waals surface area contributed by atoms with Crippen LogP contribution in [0.15, 0.2) is 12.1 Å². The van der Waals surface area contributed by atoms with E-state index in [1.54, 1.807) is 7.05 Å². The molecule has 3 aliphatic carbocycles. The molecule has 2 aromatic heterocycles. The number of piperidine rings is 1. The predicted octanol–water partition coefficient (Wildman–Crippen LogP) is 3.80. The highest BCUT2D eigenvalue weighted by molar-refractivity contribution is 5.70. The van der Waals surface area contributed by atoms with Crippen LogP contribution in [0.25, 0.3) is 11.4 Å². The summed E-state index contributed by atoms with van der Waals surface area (Å²) in [6, 6.07) is 2.71. The number of amides is 1. The number of anilines is 1. The Morgan fingerprint density at radius 1 is 1.26 bits per heavy atom. The van der Waals surface area contributed by atoms with E-state index in [0.717, 1.165) is 0 Å². The zero-order valence-corrected chi connectivity index (χ0v) is 21.0. The second-order valence-electron chi connectivity index (χ2n) is 10.6. The van der Waals surface area contributed by atoms with Crippen LogP contribution in [0.4, 0.5) is 28.0 Å². The molecule has 1 saturated heterocycles. The normalized spacial score (nSPS) is 26.4. The van der Waals surface area contributed by atoms with Gasteiger partial charge in [0.1, 0.15) is 23.7 Å². The summed E-state index contributed by atoms with van der Waals surface area (Å²) in [5.74, 6) is -1.25. The Labute approximate surface area is 215 Å². The van der Waals surface area contributed by atoms with Crippen LogP contribution in [0.5, 0.6) is 0 Å². The van der Waals surface area contributed by atoms with Gasteiger partial charge in [-0.3, -0.25) is 4.79 Å². The summed E-state index contributed by atoms with van der Waals surface area (Å²) in [4.78, 5) is 30.5. The molecule has 2 aromatic rings. The number of ether oxygens (including phenoxy) is 1. The Hall–Kier alpha value is -3.45. The van der Waals surface area contributed by atoms with Crippen LogP contribution in [0.3, 0.4) is 0 Å². The summed E-state index contributed by atoms with van der Waals surface area (Å²) < 4.78 is 62.9. The number of rotatable bonds is 7. The van der Waals surface area contributed by atoms with Gasteiger partial charge in [0.2, 0.25) is 0 Å². The maximum atomic E-state index is 14.1. The van der Waals surface area contributed by atoms with Gasteiger partial charge in [-0.05, 0) is 30.9 Å². The average molecular weight is 541 g/mol. The monoisotopic (exact) mass is 540 g/mol. The molecule has 206 valence electrons. The third-order valence-corrected chi connectivity index (χ3v) is 7.91. The lowest BCUT2D eigenvalue weighted by Gasteiger charge is -2.68. The van der Waals surface area contributed by atoms with Gasteiger partial charge in [0.05, 0.1) is 16.9 Å². The molecule has 1 amide bonds. The van der Waals surface area contributed by atoms with Gasteiger partial charge < -0.3 is 19.6 Å². The van der Waals surface area contributed by atoms with Gasteiger partial charge in [0, 0.05) is 52.9 Å². The number of halogens is 4. The van der Waals surface area contributed by atoms with Gasteiger partial charge in [-0.15, -0.1) is 5.10 Å². The molecule has 2 bridgehead atoms. The van der Waals surface area contributed by atoms with E-state index in [-0.39, 0.29) is 67.5 Å². The van der Waals surface area contributed by atoms with Crippen LogP contribution < -0.4 is 4.90 Å². The van der Waals surface area contributed by atoms with E-state index in [1.165, 1.54) is 33.7 Å². The fraction of sp³-hybridized carbons (Fsp3) is 0.625. The van der Waals surface area contributed by atoms with Crippen molar-refractivity contribution in [3.63, 3.8) is 0 Å². The maximum absolute atomic E-state index is 14.1. The second-order valence-corrected chi connectivity index (χ2v) is 10.6. The lowest BCUT2D eigenvalue weighted by atomic mass is 9.47. The van der Waals surface area contributed by atoms with Gasteiger partial charge in [-0.25, -0.2) is 18.9 Å². The third kappa shape index (κ3) is 4.64. The molecule has 1 atom stereocenters. The number of hydrogen-bond donors (Lipinski definition) is 1. The summed E-state index contributed by atoms with van der Waals surface area (Å²) in [5, 5.41) is 16.9. The molecule has 0 spiro atoms. The maximum Gasteiger partial charge on any atom is 0.435 e. The first kappa shape index (κ1) is 26.2. The largest absolute Gasteiger partial charge is 0.481 e. The highest BCUT2D eigenvalue weighted by Crippen LogP contribution is 2.65. The van der Waals surface area contributed by atoms with Gasteiger partial charge >= 0.3 is 18.2 Å². The second kappa shape index (κ2) is 9.09. The lowest BCUT2D eigenvalue weighted by Crippen LogP contribution is -2.76. The molecule has 14 heteroatoms. The van der Waals surface area contributed by atoms with Crippen molar-refractivity contribution in [2.24, 2.45) is 13.0 Å². The number of carbonyl (C=O) groups is 2. The Kier molecular flexibility index (Phi) is 6.26. The van der Waals surface area contributed by atoms with E-state index in [9.17, 15) is 27.2 Å². The van der Waals surface area contributed by atoms with Gasteiger partial charge in [0.15, 0.2) is 5.69 Å². The Morgan fingerprint density at radius 2 is 1.97 bits per heavy atom. The van der Waals surface area contributed by atoms with Crippen LogP contribution in [0.1, 0.15) is 49.9 Å². The Morgan fingerprint density at radius 3 is 2.61 bits per heavy atom. The highest BCUT2D eigenvalue weighted by Gasteiger charge is 2.72. The van der Waals surface area contributed by atoms with E-state index in [0.29, 0.717) is 19.4 Å². The molecular weight excluding hydrogens is 512 g/mol. The van der Waals surface area contributed by atoms with E-state index in [1.807, 2.05) is 0 Å². The number of alkyl halides is 4. The van der Waals surface area contributed by atoms with Crippen molar-refractivity contribution < 1.29 is 37.0 Å². The number of carbonyl (C=O) groups excluding carboxylic acids is 1. The zero-order valence-electron chi connectivity index (χ0n) is 21.0. The van der Waals surface area contributed by atoms with Crippen LogP contribution in [0, 0.1) is 5.92 Å². The fourth-order valence-corrected chi connectivity index (χ4v) is 5.87. The van der Waals surface area contributed by atoms with E-state index >= 15 is 0 Å². The minimum atomic E-state index is -4.78. The topological polar surface area (TPSA) is 114 Å². The molecule has 38 heavy (non-hydrogen) atoms. The minimum Gasteiger partial charge on any atom is -0.481 e. The number of aryl methyl sites for hydroxylation is 1. The molecule has 1 N–H and O–H groups in total. The standard InChI is InChI=1S/C24H28F4N6O4/c1-32(23-11-22(25,12-23)13-23)21(37)38-10-17-19(30-31-33(17)2)15-5-6-16(20(29-15)24(26,27)28)34-7-3-4-14(9-34)8-18(35)36/h5-6,14H,3-4,7-13H2,1-2H3,(H,35,36)/t14-,22?,23?/m1/s1. The summed E-state index contributed by atoms with van der Waals surface area (Å²) >= 11 is 0. The molecular formula is C24H28F4N6O4. The van der Waals surface area contributed by atoms with Crippen LogP contribution in [-0.2, 0) is 29.4 Å². The first-order chi connectivity index (χ1) is 17.8. The Bertz CT molecular complexity index is 1250. The van der Waals surface area contributed by atoms with Crippen LogP contribution >= 0.6 is 0 Å². The van der Waals surface area contributed by atoms with Crippen molar-refractivity contribution in [1.29, 1.82) is 0 Å². The van der Waals surface area contributed by atoms with E-state index in [2.05, 4.69) is 15.3 Å². The molecule has 3 saturated carbocycles.